The monoisotopic (exact) mass is 273 g/mol. The molecule has 0 aromatic carbocycles. The van der Waals surface area contributed by atoms with Crippen LogP contribution in [0.1, 0.15) is 25.6 Å². The van der Waals surface area contributed by atoms with Gasteiger partial charge in [-0.25, -0.2) is 0 Å². The zero-order valence-corrected chi connectivity index (χ0v) is 11.5. The number of nitrogens with zero attached hydrogens (tertiary/aromatic N) is 3. The summed E-state index contributed by atoms with van der Waals surface area (Å²) in [5.74, 6) is 1.30. The van der Waals surface area contributed by atoms with Gasteiger partial charge in [0, 0.05) is 7.05 Å². The minimum absolute atomic E-state index is 0.0236. The molecule has 1 N–H and O–H groups in total. The predicted molar refractivity (Wildman–Crippen MR) is 68.4 cm³/mol. The zero-order chi connectivity index (χ0) is 12.5. The molecule has 1 fully saturated rings. The maximum absolute atomic E-state index is 10.5. The molecule has 0 saturated carbocycles. The van der Waals surface area contributed by atoms with Crippen molar-refractivity contribution in [2.45, 2.75) is 29.7 Å². The lowest BCUT2D eigenvalue weighted by molar-refractivity contribution is -0.133. The molecule has 1 aromatic rings. The van der Waals surface area contributed by atoms with Gasteiger partial charge in [0.1, 0.15) is 5.82 Å². The van der Waals surface area contributed by atoms with Gasteiger partial charge in [0.05, 0.1) is 10.5 Å². The highest BCUT2D eigenvalue weighted by molar-refractivity contribution is 8.00. The van der Waals surface area contributed by atoms with Crippen molar-refractivity contribution in [3.05, 3.63) is 5.82 Å². The van der Waals surface area contributed by atoms with Crippen LogP contribution in [-0.2, 0) is 16.6 Å². The van der Waals surface area contributed by atoms with E-state index in [2.05, 4.69) is 17.1 Å². The average molecular weight is 273 g/mol. The van der Waals surface area contributed by atoms with Crippen LogP contribution in [0.2, 0.25) is 0 Å². The first kappa shape index (κ1) is 12.8. The van der Waals surface area contributed by atoms with Crippen LogP contribution in [0, 0.1) is 0 Å². The van der Waals surface area contributed by atoms with Gasteiger partial charge in [-0.2, -0.15) is 0 Å². The Labute approximate surface area is 108 Å². The summed E-state index contributed by atoms with van der Waals surface area (Å²) in [4.78, 5) is 10.5. The minimum atomic E-state index is -0.832. The molecule has 1 aromatic heterocycles. The van der Waals surface area contributed by atoms with E-state index in [1.165, 1.54) is 18.2 Å². The summed E-state index contributed by atoms with van der Waals surface area (Å²) in [7, 11) is 1.91. The molecule has 7 heteroatoms. The Hall–Kier alpha value is -0.690. The average Bonchev–Trinajstić information content (AvgIpc) is 2.83. The number of aromatic nitrogens is 3. The largest absolute Gasteiger partial charge is 0.481 e. The van der Waals surface area contributed by atoms with E-state index in [1.54, 1.807) is 0 Å². The molecule has 2 heterocycles. The lowest BCUT2D eigenvalue weighted by Crippen LogP contribution is -2.19. The second kappa shape index (κ2) is 4.89. The molecule has 5 nitrogen and oxygen atoms in total. The third kappa shape index (κ3) is 2.60. The first-order chi connectivity index (χ1) is 8.03. The number of thioether (sulfide) groups is 2. The van der Waals surface area contributed by atoms with Gasteiger partial charge in [-0.3, -0.25) is 4.79 Å². The smallest absolute Gasteiger partial charge is 0.313 e. The Morgan fingerprint density at radius 1 is 1.65 bits per heavy atom. The summed E-state index contributed by atoms with van der Waals surface area (Å²) in [5.41, 5.74) is 0. The van der Waals surface area contributed by atoms with E-state index < -0.39 is 5.97 Å². The lowest BCUT2D eigenvalue weighted by atomic mass is 10.1. The number of carboxylic acid groups (broad SMARTS) is 1. The molecule has 2 rings (SSSR count). The van der Waals surface area contributed by atoms with Crippen LogP contribution in [0.3, 0.4) is 0 Å². The van der Waals surface area contributed by atoms with Crippen LogP contribution >= 0.6 is 23.5 Å². The molecule has 1 aliphatic rings. The second-order valence-electron chi connectivity index (χ2n) is 4.23. The van der Waals surface area contributed by atoms with Gasteiger partial charge in [0.2, 0.25) is 0 Å². The summed E-state index contributed by atoms with van der Waals surface area (Å²) in [6.45, 7) is 2.18. The van der Waals surface area contributed by atoms with E-state index in [0.717, 1.165) is 18.0 Å². The predicted octanol–water partition coefficient (Wildman–Crippen LogP) is 1.73. The second-order valence-corrected chi connectivity index (χ2v) is 6.77. The Balaban J connectivity index is 2.17. The molecular weight excluding hydrogens is 258 g/mol. The van der Waals surface area contributed by atoms with Crippen LogP contribution in [0.25, 0.3) is 0 Å². The summed E-state index contributed by atoms with van der Waals surface area (Å²) >= 11 is 3.11. The van der Waals surface area contributed by atoms with E-state index in [1.807, 2.05) is 23.4 Å². The molecule has 1 saturated heterocycles. The van der Waals surface area contributed by atoms with Crippen LogP contribution in [-0.4, -0.2) is 37.3 Å². The van der Waals surface area contributed by atoms with Gasteiger partial charge in [-0.15, -0.1) is 22.0 Å². The molecule has 0 bridgehead atoms. The topological polar surface area (TPSA) is 68.0 Å². The standard InChI is InChI=1S/C10H15N3O2S2/c1-10(4-3-5-17-10)8-11-12-9(13(8)2)16-6-7(14)15/h3-6H2,1-2H3,(H,14,15). The van der Waals surface area contributed by atoms with Gasteiger partial charge < -0.3 is 9.67 Å². The summed E-state index contributed by atoms with van der Waals surface area (Å²) in [5, 5.41) is 17.6. The number of carboxylic acids is 1. The number of rotatable bonds is 4. The van der Waals surface area contributed by atoms with E-state index >= 15 is 0 Å². The van der Waals surface area contributed by atoms with Crippen molar-refractivity contribution in [3.63, 3.8) is 0 Å². The molecule has 0 radical (unpaired) electrons. The quantitative estimate of drug-likeness (QED) is 0.843. The zero-order valence-electron chi connectivity index (χ0n) is 9.84. The van der Waals surface area contributed by atoms with Crippen molar-refractivity contribution in [2.75, 3.05) is 11.5 Å². The number of carbonyl (C=O) groups is 1. The third-order valence-electron chi connectivity index (χ3n) is 2.85. The number of aliphatic carboxylic acids is 1. The highest BCUT2D eigenvalue weighted by Crippen LogP contribution is 2.45. The fraction of sp³-hybridized carbons (Fsp3) is 0.700. The van der Waals surface area contributed by atoms with Crippen molar-refractivity contribution < 1.29 is 9.90 Å². The molecule has 0 aliphatic carbocycles. The van der Waals surface area contributed by atoms with Crippen LogP contribution in [0.15, 0.2) is 5.16 Å². The van der Waals surface area contributed by atoms with Gasteiger partial charge in [0.15, 0.2) is 5.16 Å². The van der Waals surface area contributed by atoms with Crippen molar-refractivity contribution in [2.24, 2.45) is 7.05 Å². The summed E-state index contributed by atoms with van der Waals surface area (Å²) < 4.78 is 1.95. The highest BCUT2D eigenvalue weighted by atomic mass is 32.2. The Kier molecular flexibility index (Phi) is 3.67. The SMILES string of the molecule is Cn1c(SCC(=O)O)nnc1C1(C)CCCS1. The van der Waals surface area contributed by atoms with E-state index in [4.69, 9.17) is 5.11 Å². The third-order valence-corrected chi connectivity index (χ3v) is 5.37. The van der Waals surface area contributed by atoms with Crippen molar-refractivity contribution in [1.29, 1.82) is 0 Å². The lowest BCUT2D eigenvalue weighted by Gasteiger charge is -2.21. The van der Waals surface area contributed by atoms with E-state index in [9.17, 15) is 4.79 Å². The first-order valence-corrected chi connectivity index (χ1v) is 7.38. The normalized spacial score (nSPS) is 24.1. The Morgan fingerprint density at radius 3 is 3.00 bits per heavy atom. The molecule has 1 atom stereocenters. The first-order valence-electron chi connectivity index (χ1n) is 5.41. The molecule has 0 amide bonds. The molecule has 0 spiro atoms. The summed E-state index contributed by atoms with van der Waals surface area (Å²) in [6.07, 6.45) is 2.30. The molecule has 17 heavy (non-hydrogen) atoms. The number of hydrogen-bond donors (Lipinski definition) is 1. The van der Waals surface area contributed by atoms with Gasteiger partial charge in [-0.05, 0) is 25.5 Å². The Bertz CT molecular complexity index is 427. The fourth-order valence-electron chi connectivity index (χ4n) is 1.98. The van der Waals surface area contributed by atoms with Crippen LogP contribution in [0.5, 0.6) is 0 Å². The van der Waals surface area contributed by atoms with Crippen molar-refractivity contribution in [3.8, 4) is 0 Å². The molecule has 94 valence electrons. The maximum atomic E-state index is 10.5. The van der Waals surface area contributed by atoms with E-state index in [0.29, 0.717) is 5.16 Å². The van der Waals surface area contributed by atoms with Gasteiger partial charge >= 0.3 is 5.97 Å². The molecular formula is C10H15N3O2S2. The highest BCUT2D eigenvalue weighted by Gasteiger charge is 2.36. The van der Waals surface area contributed by atoms with Gasteiger partial charge in [-0.1, -0.05) is 11.8 Å². The fourth-order valence-corrected chi connectivity index (χ4v) is 3.95. The maximum Gasteiger partial charge on any atom is 0.313 e. The number of hydrogen-bond acceptors (Lipinski definition) is 5. The molecule has 1 aliphatic heterocycles. The van der Waals surface area contributed by atoms with Crippen LogP contribution in [0.4, 0.5) is 0 Å². The minimum Gasteiger partial charge on any atom is -0.481 e. The van der Waals surface area contributed by atoms with Crippen molar-refractivity contribution >= 4 is 29.5 Å². The van der Waals surface area contributed by atoms with Crippen LogP contribution < -0.4 is 0 Å². The molecule has 1 unspecified atom stereocenters. The van der Waals surface area contributed by atoms with E-state index in [-0.39, 0.29) is 10.5 Å². The van der Waals surface area contributed by atoms with Crippen molar-refractivity contribution in [1.82, 2.24) is 14.8 Å². The summed E-state index contributed by atoms with van der Waals surface area (Å²) in [6, 6.07) is 0. The Morgan fingerprint density at radius 2 is 2.41 bits per heavy atom. The van der Waals surface area contributed by atoms with Gasteiger partial charge in [0.25, 0.3) is 0 Å².